The first-order valence-corrected chi connectivity index (χ1v) is 8.73. The molecule has 3 rings (SSSR count). The summed E-state index contributed by atoms with van der Waals surface area (Å²) in [6, 6.07) is 5.01. The van der Waals surface area contributed by atoms with Crippen molar-refractivity contribution in [2.24, 2.45) is 0 Å². The Morgan fingerprint density at radius 2 is 2.04 bits per heavy atom. The standard InChI is InChI=1S/C17H25F2N5O.2ClH/c1-13(22-16(25)14-10-17(18,19)12-21-14)11-23-6-8-24(9-7-23)15-4-2-3-5-20-15;;/h2-5,13-14,21H,6-12H2,1H3,(H,22,25);2*1H. The van der Waals surface area contributed by atoms with Gasteiger partial charge in [0.1, 0.15) is 5.82 Å². The van der Waals surface area contributed by atoms with Crippen LogP contribution in [0.1, 0.15) is 13.3 Å². The topological polar surface area (TPSA) is 60.5 Å². The van der Waals surface area contributed by atoms with E-state index in [1.54, 1.807) is 6.20 Å². The van der Waals surface area contributed by atoms with E-state index in [-0.39, 0.29) is 36.8 Å². The van der Waals surface area contributed by atoms with Crippen LogP contribution in [0.2, 0.25) is 0 Å². The van der Waals surface area contributed by atoms with Crippen molar-refractivity contribution in [3.8, 4) is 0 Å². The number of halogens is 4. The minimum atomic E-state index is -2.78. The zero-order valence-corrected chi connectivity index (χ0v) is 16.9. The average molecular weight is 426 g/mol. The number of aromatic nitrogens is 1. The number of anilines is 1. The van der Waals surface area contributed by atoms with Crippen LogP contribution in [0.3, 0.4) is 0 Å². The number of pyridine rings is 1. The zero-order chi connectivity index (χ0) is 17.9. The smallest absolute Gasteiger partial charge is 0.262 e. The molecule has 1 aromatic heterocycles. The van der Waals surface area contributed by atoms with E-state index in [0.717, 1.165) is 32.0 Å². The molecule has 2 saturated heterocycles. The fourth-order valence-electron chi connectivity index (χ4n) is 3.38. The van der Waals surface area contributed by atoms with E-state index in [1.807, 2.05) is 25.1 Å². The predicted molar refractivity (Wildman–Crippen MR) is 106 cm³/mol. The van der Waals surface area contributed by atoms with Crippen molar-refractivity contribution in [1.29, 1.82) is 0 Å². The number of amides is 1. The molecule has 6 nitrogen and oxygen atoms in total. The van der Waals surface area contributed by atoms with Crippen molar-refractivity contribution in [1.82, 2.24) is 20.5 Å². The van der Waals surface area contributed by atoms with Crippen LogP contribution in [0.4, 0.5) is 14.6 Å². The highest BCUT2D eigenvalue weighted by Crippen LogP contribution is 2.25. The summed E-state index contributed by atoms with van der Waals surface area (Å²) in [6.07, 6.45) is 1.37. The summed E-state index contributed by atoms with van der Waals surface area (Å²) in [4.78, 5) is 21.0. The van der Waals surface area contributed by atoms with E-state index in [9.17, 15) is 13.6 Å². The lowest BCUT2D eigenvalue weighted by Crippen LogP contribution is -2.52. The Kier molecular flexibility index (Phi) is 9.14. The number of rotatable bonds is 5. The van der Waals surface area contributed by atoms with Gasteiger partial charge in [0.2, 0.25) is 5.91 Å². The van der Waals surface area contributed by atoms with Crippen LogP contribution in [0, 0.1) is 0 Å². The number of carbonyl (C=O) groups is 1. The van der Waals surface area contributed by atoms with Crippen LogP contribution >= 0.6 is 24.8 Å². The van der Waals surface area contributed by atoms with E-state index in [1.165, 1.54) is 0 Å². The molecule has 0 radical (unpaired) electrons. The highest BCUT2D eigenvalue weighted by Gasteiger charge is 2.42. The summed E-state index contributed by atoms with van der Waals surface area (Å²) < 4.78 is 26.4. The number of hydrogen-bond donors (Lipinski definition) is 2. The van der Waals surface area contributed by atoms with Crippen LogP contribution in [0.15, 0.2) is 24.4 Å². The number of alkyl halides is 2. The molecule has 2 fully saturated rings. The lowest BCUT2D eigenvalue weighted by molar-refractivity contribution is -0.124. The molecular weight excluding hydrogens is 399 g/mol. The van der Waals surface area contributed by atoms with Gasteiger partial charge in [-0.1, -0.05) is 6.07 Å². The molecule has 2 unspecified atom stereocenters. The highest BCUT2D eigenvalue weighted by atomic mass is 35.5. The van der Waals surface area contributed by atoms with Gasteiger partial charge in [-0.15, -0.1) is 24.8 Å². The van der Waals surface area contributed by atoms with Crippen molar-refractivity contribution in [3.05, 3.63) is 24.4 Å². The molecule has 2 N–H and O–H groups in total. The van der Waals surface area contributed by atoms with Gasteiger partial charge in [0.05, 0.1) is 12.6 Å². The summed E-state index contributed by atoms with van der Waals surface area (Å²) in [5, 5.41) is 5.44. The minimum Gasteiger partial charge on any atom is -0.354 e. The molecule has 2 aliphatic rings. The third-order valence-electron chi connectivity index (χ3n) is 4.69. The van der Waals surface area contributed by atoms with Gasteiger partial charge >= 0.3 is 0 Å². The lowest BCUT2D eigenvalue weighted by Gasteiger charge is -2.36. The molecular formula is C17H27Cl2F2N5O. The zero-order valence-electron chi connectivity index (χ0n) is 15.2. The Labute approximate surface area is 170 Å². The van der Waals surface area contributed by atoms with Crippen LogP contribution < -0.4 is 15.5 Å². The van der Waals surface area contributed by atoms with Crippen LogP contribution in [0.5, 0.6) is 0 Å². The molecule has 0 aromatic carbocycles. The van der Waals surface area contributed by atoms with E-state index < -0.39 is 24.9 Å². The first-order valence-electron chi connectivity index (χ1n) is 8.73. The Hall–Kier alpha value is -1.22. The van der Waals surface area contributed by atoms with Gasteiger partial charge in [-0.2, -0.15) is 0 Å². The first kappa shape index (κ1) is 23.8. The molecule has 1 aromatic rings. The van der Waals surface area contributed by atoms with E-state index >= 15 is 0 Å². The van der Waals surface area contributed by atoms with Crippen molar-refractivity contribution in [2.45, 2.75) is 31.4 Å². The summed E-state index contributed by atoms with van der Waals surface area (Å²) in [6.45, 7) is 5.74. The third kappa shape index (κ3) is 6.71. The number of nitrogens with one attached hydrogen (secondary N) is 2. The van der Waals surface area contributed by atoms with Crippen molar-refractivity contribution in [2.75, 3.05) is 44.2 Å². The van der Waals surface area contributed by atoms with Gasteiger partial charge in [-0.3, -0.25) is 15.0 Å². The molecule has 0 saturated carbocycles. The van der Waals surface area contributed by atoms with Crippen molar-refractivity contribution >= 4 is 36.5 Å². The van der Waals surface area contributed by atoms with Gasteiger partial charge in [-0.05, 0) is 19.1 Å². The molecule has 27 heavy (non-hydrogen) atoms. The summed E-state index contributed by atoms with van der Waals surface area (Å²) in [5.74, 6) is -2.14. The Morgan fingerprint density at radius 3 is 2.59 bits per heavy atom. The largest absolute Gasteiger partial charge is 0.354 e. The van der Waals surface area contributed by atoms with Gasteiger partial charge in [-0.25, -0.2) is 13.8 Å². The van der Waals surface area contributed by atoms with E-state index in [2.05, 4.69) is 25.4 Å². The van der Waals surface area contributed by atoms with Crippen molar-refractivity contribution < 1.29 is 13.6 Å². The monoisotopic (exact) mass is 425 g/mol. The van der Waals surface area contributed by atoms with Crippen LogP contribution in [-0.2, 0) is 4.79 Å². The molecule has 2 atom stereocenters. The molecule has 0 spiro atoms. The molecule has 3 heterocycles. The summed E-state index contributed by atoms with van der Waals surface area (Å²) in [7, 11) is 0. The lowest BCUT2D eigenvalue weighted by atomic mass is 10.1. The average Bonchev–Trinajstić information content (AvgIpc) is 2.96. The highest BCUT2D eigenvalue weighted by molar-refractivity contribution is 5.85. The maximum absolute atomic E-state index is 13.2. The second-order valence-electron chi connectivity index (χ2n) is 6.88. The second-order valence-corrected chi connectivity index (χ2v) is 6.88. The number of hydrogen-bond acceptors (Lipinski definition) is 5. The normalized spacial score (nSPS) is 23.1. The second kappa shape index (κ2) is 10.4. The van der Waals surface area contributed by atoms with Crippen LogP contribution in [-0.4, -0.2) is 73.1 Å². The Morgan fingerprint density at radius 1 is 1.33 bits per heavy atom. The van der Waals surface area contributed by atoms with Gasteiger partial charge in [0.25, 0.3) is 5.92 Å². The molecule has 1 amide bonds. The SMILES string of the molecule is CC(CN1CCN(c2ccccn2)CC1)NC(=O)C1CC(F)(F)CN1.Cl.Cl. The first-order chi connectivity index (χ1) is 11.9. The fraction of sp³-hybridized carbons (Fsp3) is 0.647. The number of nitrogens with zero attached hydrogens (tertiary/aromatic N) is 3. The van der Waals surface area contributed by atoms with E-state index in [0.29, 0.717) is 6.54 Å². The maximum Gasteiger partial charge on any atom is 0.262 e. The maximum atomic E-state index is 13.2. The van der Waals surface area contributed by atoms with Gasteiger partial charge < -0.3 is 10.2 Å². The van der Waals surface area contributed by atoms with E-state index in [4.69, 9.17) is 0 Å². The predicted octanol–water partition coefficient (Wildman–Crippen LogP) is 1.55. The number of carbonyl (C=O) groups excluding carboxylic acids is 1. The summed E-state index contributed by atoms with van der Waals surface area (Å²) >= 11 is 0. The van der Waals surface area contributed by atoms with Gasteiger partial charge in [0.15, 0.2) is 0 Å². The number of piperazine rings is 1. The summed E-state index contributed by atoms with van der Waals surface area (Å²) in [5.41, 5.74) is 0. The quantitative estimate of drug-likeness (QED) is 0.749. The fourth-order valence-corrected chi connectivity index (χ4v) is 3.38. The van der Waals surface area contributed by atoms with Gasteiger partial charge in [0, 0.05) is 51.4 Å². The molecule has 2 aliphatic heterocycles. The molecule has 154 valence electrons. The molecule has 0 aliphatic carbocycles. The molecule has 0 bridgehead atoms. The Bertz CT molecular complexity index is 588. The van der Waals surface area contributed by atoms with Crippen LogP contribution in [0.25, 0.3) is 0 Å². The Balaban J connectivity index is 0.00000182. The van der Waals surface area contributed by atoms with Crippen molar-refractivity contribution in [3.63, 3.8) is 0 Å². The molecule has 10 heteroatoms. The minimum absolute atomic E-state index is 0. The third-order valence-corrected chi connectivity index (χ3v) is 4.69.